The minimum absolute atomic E-state index is 0.197. The molecule has 0 bridgehead atoms. The quantitative estimate of drug-likeness (QED) is 0.671. The van der Waals surface area contributed by atoms with Crippen LogP contribution in [-0.4, -0.2) is 11.8 Å². The van der Waals surface area contributed by atoms with E-state index >= 15 is 0 Å². The van der Waals surface area contributed by atoms with E-state index in [0.29, 0.717) is 4.88 Å². The van der Waals surface area contributed by atoms with Gasteiger partial charge in [0.15, 0.2) is 0 Å². The van der Waals surface area contributed by atoms with Crippen LogP contribution in [0, 0.1) is 5.82 Å². The molecule has 1 aromatic heterocycles. The van der Waals surface area contributed by atoms with Gasteiger partial charge >= 0.3 is 0 Å². The van der Waals surface area contributed by atoms with Crippen molar-refractivity contribution in [3.8, 4) is 10.4 Å². The first-order chi connectivity index (χ1) is 13.1. The number of hydrogen-bond donors (Lipinski definition) is 2. The number of carbonyl (C=O) groups excluding carboxylic acids is 2. The molecule has 1 aliphatic rings. The van der Waals surface area contributed by atoms with Crippen molar-refractivity contribution in [2.45, 2.75) is 18.3 Å². The Kier molecular flexibility index (Phi) is 4.49. The van der Waals surface area contributed by atoms with Crippen LogP contribution in [-0.2, 0) is 10.2 Å². The van der Waals surface area contributed by atoms with Gasteiger partial charge in [-0.1, -0.05) is 42.5 Å². The van der Waals surface area contributed by atoms with E-state index in [0.717, 1.165) is 28.8 Å². The fourth-order valence-electron chi connectivity index (χ4n) is 3.05. The molecule has 0 saturated heterocycles. The fraction of sp³-hybridized carbons (Fsp3) is 0.143. The zero-order valence-corrected chi connectivity index (χ0v) is 15.2. The molecule has 0 spiro atoms. The van der Waals surface area contributed by atoms with Gasteiger partial charge in [-0.3, -0.25) is 20.4 Å². The van der Waals surface area contributed by atoms with Crippen molar-refractivity contribution in [1.29, 1.82) is 0 Å². The monoisotopic (exact) mass is 380 g/mol. The van der Waals surface area contributed by atoms with Crippen LogP contribution in [0.3, 0.4) is 0 Å². The molecule has 0 unspecified atom stereocenters. The number of nitrogens with one attached hydrogen (secondary N) is 2. The Labute approximate surface area is 160 Å². The lowest BCUT2D eigenvalue weighted by Gasteiger charge is -2.15. The highest BCUT2D eigenvalue weighted by molar-refractivity contribution is 7.17. The summed E-state index contributed by atoms with van der Waals surface area (Å²) in [6, 6.07) is 19.2. The lowest BCUT2D eigenvalue weighted by Crippen LogP contribution is -2.46. The number of hydrazine groups is 1. The first-order valence-electron chi connectivity index (χ1n) is 8.61. The molecule has 1 heterocycles. The molecule has 2 N–H and O–H groups in total. The minimum atomic E-state index is -0.538. The normalized spacial score (nSPS) is 14.4. The average molecular weight is 380 g/mol. The third-order valence-corrected chi connectivity index (χ3v) is 5.89. The second-order valence-electron chi connectivity index (χ2n) is 6.53. The smallest absolute Gasteiger partial charge is 0.272 e. The largest absolute Gasteiger partial charge is 0.279 e. The predicted octanol–water partition coefficient (Wildman–Crippen LogP) is 4.05. The van der Waals surface area contributed by atoms with E-state index in [4.69, 9.17) is 0 Å². The Bertz CT molecular complexity index is 979. The molecular formula is C21H17FN2O2S. The van der Waals surface area contributed by atoms with Crippen molar-refractivity contribution in [2.75, 3.05) is 0 Å². The molecule has 6 heteroatoms. The van der Waals surface area contributed by atoms with Crippen molar-refractivity contribution in [2.24, 2.45) is 0 Å². The lowest BCUT2D eigenvalue weighted by molar-refractivity contribution is -0.124. The number of rotatable bonds is 4. The Morgan fingerprint density at radius 1 is 0.889 bits per heavy atom. The maximum Gasteiger partial charge on any atom is 0.279 e. The van der Waals surface area contributed by atoms with Gasteiger partial charge in [-0.05, 0) is 48.2 Å². The highest BCUT2D eigenvalue weighted by Gasteiger charge is 2.51. The second kappa shape index (κ2) is 6.96. The molecule has 2 amide bonds. The van der Waals surface area contributed by atoms with E-state index in [1.807, 2.05) is 30.3 Å². The Hall–Kier alpha value is -2.99. The van der Waals surface area contributed by atoms with Gasteiger partial charge < -0.3 is 0 Å². The molecule has 1 aliphatic carbocycles. The van der Waals surface area contributed by atoms with Crippen LogP contribution in [0.5, 0.6) is 0 Å². The minimum Gasteiger partial charge on any atom is -0.272 e. The molecule has 0 atom stereocenters. The highest BCUT2D eigenvalue weighted by atomic mass is 32.1. The van der Waals surface area contributed by atoms with Gasteiger partial charge in [0.05, 0.1) is 10.3 Å². The molecule has 27 heavy (non-hydrogen) atoms. The summed E-state index contributed by atoms with van der Waals surface area (Å²) in [6.45, 7) is 0. The maximum atomic E-state index is 13.0. The van der Waals surface area contributed by atoms with Crippen LogP contribution in [0.4, 0.5) is 4.39 Å². The lowest BCUT2D eigenvalue weighted by atomic mass is 9.95. The zero-order valence-electron chi connectivity index (χ0n) is 14.4. The zero-order chi connectivity index (χ0) is 18.9. The summed E-state index contributed by atoms with van der Waals surface area (Å²) in [5.74, 6) is -0.869. The number of thiophene rings is 1. The Balaban J connectivity index is 1.40. The number of carbonyl (C=O) groups is 2. The highest BCUT2D eigenvalue weighted by Crippen LogP contribution is 2.48. The Morgan fingerprint density at radius 3 is 2.26 bits per heavy atom. The number of benzene rings is 2. The van der Waals surface area contributed by atoms with E-state index in [2.05, 4.69) is 10.9 Å². The van der Waals surface area contributed by atoms with Crippen LogP contribution in [0.1, 0.15) is 28.1 Å². The summed E-state index contributed by atoms with van der Waals surface area (Å²) in [6.07, 6.45) is 1.54. The van der Waals surface area contributed by atoms with Crippen molar-refractivity contribution in [1.82, 2.24) is 10.9 Å². The first kappa shape index (κ1) is 17.4. The summed E-state index contributed by atoms with van der Waals surface area (Å²) in [5.41, 5.74) is 6.32. The van der Waals surface area contributed by atoms with Crippen LogP contribution in [0.25, 0.3) is 10.4 Å². The Morgan fingerprint density at radius 2 is 1.59 bits per heavy atom. The van der Waals surface area contributed by atoms with Gasteiger partial charge in [0.25, 0.3) is 5.91 Å². The van der Waals surface area contributed by atoms with Gasteiger partial charge in [0, 0.05) is 4.88 Å². The van der Waals surface area contributed by atoms with Crippen molar-refractivity contribution in [3.63, 3.8) is 0 Å². The van der Waals surface area contributed by atoms with Crippen LogP contribution in [0.2, 0.25) is 0 Å². The molecule has 136 valence electrons. The van der Waals surface area contributed by atoms with Gasteiger partial charge in [-0.15, -0.1) is 11.3 Å². The average Bonchev–Trinajstić information content (AvgIpc) is 3.37. The van der Waals surface area contributed by atoms with E-state index in [1.165, 1.54) is 23.5 Å². The third-order valence-electron chi connectivity index (χ3n) is 4.76. The fourth-order valence-corrected chi connectivity index (χ4v) is 3.96. The topological polar surface area (TPSA) is 58.2 Å². The number of amides is 2. The van der Waals surface area contributed by atoms with E-state index in [1.54, 1.807) is 24.3 Å². The second-order valence-corrected chi connectivity index (χ2v) is 7.61. The summed E-state index contributed by atoms with van der Waals surface area (Å²) in [7, 11) is 0. The molecule has 4 rings (SSSR count). The molecule has 1 fully saturated rings. The van der Waals surface area contributed by atoms with E-state index in [-0.39, 0.29) is 17.6 Å². The van der Waals surface area contributed by atoms with Crippen LogP contribution in [0.15, 0.2) is 66.7 Å². The molecule has 3 aromatic rings. The SMILES string of the molecule is O=C(NNC(=O)C1(c2ccccc2)CC1)c1ccc(-c2ccc(F)cc2)s1. The van der Waals surface area contributed by atoms with E-state index in [9.17, 15) is 14.0 Å². The van der Waals surface area contributed by atoms with Crippen molar-refractivity contribution in [3.05, 3.63) is 83.0 Å². The molecular weight excluding hydrogens is 363 g/mol. The predicted molar refractivity (Wildman–Crippen MR) is 103 cm³/mol. The number of hydrogen-bond acceptors (Lipinski definition) is 3. The van der Waals surface area contributed by atoms with Crippen LogP contribution >= 0.6 is 11.3 Å². The van der Waals surface area contributed by atoms with Crippen molar-refractivity contribution >= 4 is 23.2 Å². The summed E-state index contributed by atoms with van der Waals surface area (Å²) in [5, 5.41) is 0. The third kappa shape index (κ3) is 3.48. The van der Waals surface area contributed by atoms with Gasteiger partial charge in [0.2, 0.25) is 5.91 Å². The molecule has 0 radical (unpaired) electrons. The van der Waals surface area contributed by atoms with Gasteiger partial charge in [-0.25, -0.2) is 4.39 Å². The first-order valence-corrected chi connectivity index (χ1v) is 9.42. The standard InChI is InChI=1S/C21H17FN2O2S/c22-16-8-6-14(7-9-16)17-10-11-18(27-17)19(25)23-24-20(26)21(12-13-21)15-4-2-1-3-5-15/h1-11H,12-13H2,(H,23,25)(H,24,26). The summed E-state index contributed by atoms with van der Waals surface area (Å²) in [4.78, 5) is 26.2. The van der Waals surface area contributed by atoms with E-state index < -0.39 is 5.41 Å². The van der Waals surface area contributed by atoms with Gasteiger partial charge in [0.1, 0.15) is 5.82 Å². The maximum absolute atomic E-state index is 13.0. The van der Waals surface area contributed by atoms with Gasteiger partial charge in [-0.2, -0.15) is 0 Å². The van der Waals surface area contributed by atoms with Crippen LogP contribution < -0.4 is 10.9 Å². The number of halogens is 1. The molecule has 2 aromatic carbocycles. The molecule has 1 saturated carbocycles. The molecule has 4 nitrogen and oxygen atoms in total. The van der Waals surface area contributed by atoms with Crippen molar-refractivity contribution < 1.29 is 14.0 Å². The molecule has 0 aliphatic heterocycles. The summed E-state index contributed by atoms with van der Waals surface area (Å²) >= 11 is 1.29. The summed E-state index contributed by atoms with van der Waals surface area (Å²) < 4.78 is 13.0.